The lowest BCUT2D eigenvalue weighted by atomic mass is 10.0. The van der Waals surface area contributed by atoms with Crippen LogP contribution in [-0.4, -0.2) is 41.4 Å². The molecule has 1 saturated heterocycles. The lowest BCUT2D eigenvalue weighted by molar-refractivity contribution is 0.0694. The highest BCUT2D eigenvalue weighted by atomic mass is 19.1. The maximum atomic E-state index is 15.3. The molecule has 2 aliphatic rings. The Balaban J connectivity index is 1.98. The maximum Gasteiger partial charge on any atom is 0.341 e. The molecule has 0 bridgehead atoms. The summed E-state index contributed by atoms with van der Waals surface area (Å²) in [5.41, 5.74) is 5.82. The lowest BCUT2D eigenvalue weighted by Gasteiger charge is -2.25. The van der Waals surface area contributed by atoms with Crippen molar-refractivity contribution in [2.45, 2.75) is 45.2 Å². The standard InChI is InChI=1S/C21H26FN3O4/c1-3-29-20-17-14(19(26)15(21(27)28)10-25(17)13-4-5-13)8-16(22)18(20)24-7-6-12(9-24)11(2)23/h8,10-13H,3-7,9,23H2,1-2H3,(H,27,28)/t11-,12+/m1/s1. The quantitative estimate of drug-likeness (QED) is 0.770. The molecule has 4 rings (SSSR count). The van der Waals surface area contributed by atoms with E-state index in [9.17, 15) is 14.7 Å². The van der Waals surface area contributed by atoms with Crippen LogP contribution in [0.25, 0.3) is 10.9 Å². The molecule has 2 heterocycles. The molecule has 1 saturated carbocycles. The number of nitrogens with two attached hydrogens (primary N) is 1. The maximum absolute atomic E-state index is 15.3. The summed E-state index contributed by atoms with van der Waals surface area (Å²) in [6.07, 6.45) is 4.00. The van der Waals surface area contributed by atoms with Crippen molar-refractivity contribution in [1.29, 1.82) is 0 Å². The average molecular weight is 403 g/mol. The molecule has 8 heteroatoms. The van der Waals surface area contributed by atoms with Crippen LogP contribution in [0.15, 0.2) is 17.1 Å². The minimum absolute atomic E-state index is 0.00169. The molecule has 0 spiro atoms. The first-order chi connectivity index (χ1) is 13.8. The Kier molecular flexibility index (Phi) is 4.98. The Morgan fingerprint density at radius 1 is 1.41 bits per heavy atom. The summed E-state index contributed by atoms with van der Waals surface area (Å²) in [6, 6.07) is 1.26. The highest BCUT2D eigenvalue weighted by molar-refractivity contribution is 5.97. The second-order valence-corrected chi connectivity index (χ2v) is 8.03. The number of nitrogens with zero attached hydrogens (tertiary/aromatic N) is 2. The summed E-state index contributed by atoms with van der Waals surface area (Å²) in [5, 5.41) is 9.49. The van der Waals surface area contributed by atoms with Crippen LogP contribution in [0.5, 0.6) is 5.75 Å². The number of carboxylic acids is 1. The Labute approximate surface area is 167 Å². The number of benzene rings is 1. The number of ether oxygens (including phenoxy) is 1. The van der Waals surface area contributed by atoms with Gasteiger partial charge in [0.05, 0.1) is 17.5 Å². The molecule has 1 aliphatic heterocycles. The first-order valence-corrected chi connectivity index (χ1v) is 10.1. The van der Waals surface area contributed by atoms with E-state index in [1.165, 1.54) is 12.3 Å². The molecule has 29 heavy (non-hydrogen) atoms. The topological polar surface area (TPSA) is 97.8 Å². The molecule has 7 nitrogen and oxygen atoms in total. The third-order valence-electron chi connectivity index (χ3n) is 5.94. The average Bonchev–Trinajstić information content (AvgIpc) is 3.39. The third-order valence-corrected chi connectivity index (χ3v) is 5.94. The fourth-order valence-electron chi connectivity index (χ4n) is 4.23. The number of halogens is 1. The minimum Gasteiger partial charge on any atom is -0.489 e. The Bertz CT molecular complexity index is 1030. The van der Waals surface area contributed by atoms with Crippen LogP contribution in [0.4, 0.5) is 10.1 Å². The summed E-state index contributed by atoms with van der Waals surface area (Å²) in [5.74, 6) is -1.32. The number of aromatic nitrogens is 1. The van der Waals surface area contributed by atoms with Gasteiger partial charge >= 0.3 is 5.97 Å². The molecule has 2 fully saturated rings. The van der Waals surface area contributed by atoms with E-state index in [0.29, 0.717) is 36.6 Å². The number of hydrogen-bond acceptors (Lipinski definition) is 5. The number of aromatic carboxylic acids is 1. The van der Waals surface area contributed by atoms with E-state index < -0.39 is 17.2 Å². The fraction of sp³-hybridized carbons (Fsp3) is 0.524. The third kappa shape index (κ3) is 3.35. The molecular formula is C21H26FN3O4. The Morgan fingerprint density at radius 3 is 2.69 bits per heavy atom. The highest BCUT2D eigenvalue weighted by Gasteiger charge is 2.34. The summed E-state index contributed by atoms with van der Waals surface area (Å²) in [4.78, 5) is 26.3. The Morgan fingerprint density at radius 2 is 2.14 bits per heavy atom. The number of carbonyl (C=O) groups is 1. The first-order valence-electron chi connectivity index (χ1n) is 10.1. The summed E-state index contributed by atoms with van der Waals surface area (Å²) in [7, 11) is 0. The van der Waals surface area contributed by atoms with Crippen LogP contribution in [-0.2, 0) is 0 Å². The summed E-state index contributed by atoms with van der Waals surface area (Å²) in [6.45, 7) is 5.32. The van der Waals surface area contributed by atoms with Gasteiger partial charge in [-0.15, -0.1) is 0 Å². The molecule has 156 valence electrons. The van der Waals surface area contributed by atoms with Gasteiger partial charge in [0, 0.05) is 31.4 Å². The predicted octanol–water partition coefficient (Wildman–Crippen LogP) is 2.75. The molecule has 1 aromatic carbocycles. The van der Waals surface area contributed by atoms with Crippen molar-refractivity contribution in [1.82, 2.24) is 4.57 Å². The molecule has 2 atom stereocenters. The number of anilines is 1. The molecule has 1 aliphatic carbocycles. The van der Waals surface area contributed by atoms with Crippen LogP contribution >= 0.6 is 0 Å². The summed E-state index contributed by atoms with van der Waals surface area (Å²) < 4.78 is 23.0. The van der Waals surface area contributed by atoms with Crippen molar-refractivity contribution in [2.75, 3.05) is 24.6 Å². The minimum atomic E-state index is -1.31. The van der Waals surface area contributed by atoms with E-state index in [2.05, 4.69) is 0 Å². The van der Waals surface area contributed by atoms with Gasteiger partial charge in [-0.25, -0.2) is 9.18 Å². The van der Waals surface area contributed by atoms with Crippen LogP contribution in [0, 0.1) is 11.7 Å². The van der Waals surface area contributed by atoms with Gasteiger partial charge in [-0.1, -0.05) is 0 Å². The number of hydrogen-bond donors (Lipinski definition) is 2. The largest absolute Gasteiger partial charge is 0.489 e. The molecule has 0 amide bonds. The number of carboxylic acid groups (broad SMARTS) is 1. The van der Waals surface area contributed by atoms with Gasteiger partial charge in [0.1, 0.15) is 11.3 Å². The van der Waals surface area contributed by atoms with Gasteiger partial charge in [-0.2, -0.15) is 0 Å². The smallest absolute Gasteiger partial charge is 0.341 e. The van der Waals surface area contributed by atoms with E-state index in [0.717, 1.165) is 19.3 Å². The van der Waals surface area contributed by atoms with Crippen LogP contribution in [0.2, 0.25) is 0 Å². The van der Waals surface area contributed by atoms with Crippen molar-refractivity contribution in [2.24, 2.45) is 11.7 Å². The van der Waals surface area contributed by atoms with E-state index in [4.69, 9.17) is 10.5 Å². The highest BCUT2D eigenvalue weighted by Crippen LogP contribution is 2.44. The molecule has 1 aromatic heterocycles. The van der Waals surface area contributed by atoms with Gasteiger partial charge in [0.2, 0.25) is 5.43 Å². The zero-order chi connectivity index (χ0) is 20.9. The molecule has 3 N–H and O–H groups in total. The predicted molar refractivity (Wildman–Crippen MR) is 109 cm³/mol. The monoisotopic (exact) mass is 403 g/mol. The zero-order valence-electron chi connectivity index (χ0n) is 16.7. The van der Waals surface area contributed by atoms with E-state index >= 15 is 4.39 Å². The molecular weight excluding hydrogens is 377 g/mol. The zero-order valence-corrected chi connectivity index (χ0v) is 16.7. The van der Waals surface area contributed by atoms with Crippen molar-refractivity contribution in [3.8, 4) is 5.75 Å². The van der Waals surface area contributed by atoms with Gasteiger partial charge in [0.25, 0.3) is 0 Å². The van der Waals surface area contributed by atoms with Crippen LogP contribution in [0.1, 0.15) is 49.5 Å². The van der Waals surface area contributed by atoms with Crippen LogP contribution in [0.3, 0.4) is 0 Å². The second kappa shape index (κ2) is 7.33. The lowest BCUT2D eigenvalue weighted by Crippen LogP contribution is -2.30. The number of fused-ring (bicyclic) bond motifs is 1. The van der Waals surface area contributed by atoms with Gasteiger partial charge in [-0.3, -0.25) is 4.79 Å². The van der Waals surface area contributed by atoms with Crippen molar-refractivity contribution < 1.29 is 19.0 Å². The van der Waals surface area contributed by atoms with Crippen molar-refractivity contribution in [3.05, 3.63) is 33.9 Å². The van der Waals surface area contributed by atoms with Gasteiger partial charge in [0.15, 0.2) is 11.6 Å². The van der Waals surface area contributed by atoms with Gasteiger partial charge < -0.3 is 25.0 Å². The van der Waals surface area contributed by atoms with Gasteiger partial charge in [-0.05, 0) is 45.1 Å². The van der Waals surface area contributed by atoms with Crippen LogP contribution < -0.4 is 20.8 Å². The Hall–Kier alpha value is -2.61. The second-order valence-electron chi connectivity index (χ2n) is 8.03. The van der Waals surface area contributed by atoms with E-state index in [-0.39, 0.29) is 29.0 Å². The summed E-state index contributed by atoms with van der Waals surface area (Å²) >= 11 is 0. The molecule has 2 aromatic rings. The first kappa shape index (κ1) is 19.7. The van der Waals surface area contributed by atoms with Crippen molar-refractivity contribution in [3.63, 3.8) is 0 Å². The SMILES string of the molecule is CCOc1c(N2CC[C@H]([C@@H](C)N)C2)c(F)cc2c(=O)c(C(=O)O)cn(C3CC3)c12. The molecule has 0 radical (unpaired) electrons. The van der Waals surface area contributed by atoms with E-state index in [1.807, 2.05) is 11.8 Å². The van der Waals surface area contributed by atoms with Crippen molar-refractivity contribution >= 4 is 22.6 Å². The fourth-order valence-corrected chi connectivity index (χ4v) is 4.23. The normalized spacial score (nSPS) is 20.3. The molecule has 0 unspecified atom stereocenters. The number of rotatable bonds is 6. The van der Waals surface area contributed by atoms with E-state index in [1.54, 1.807) is 11.5 Å². The number of pyridine rings is 1.